The highest BCUT2D eigenvalue weighted by atomic mass is 32.2. The standard InChI is InChI=1S/C31H37FN4O3S/c1-30(2,3)24-4-10-28(11-5-24)40(37,38)35-13-12-25-18-29-23(20-33-36(29)27-8-6-26(32)7-9-27)19-31(25,22-35)21-34-14-16-39-17-15-34/h4-11,18,20H,12-17,19,21-22H2,1-3H3. The second-order valence-electron chi connectivity index (χ2n) is 12.3. The first-order chi connectivity index (χ1) is 19.0. The molecule has 7 nitrogen and oxygen atoms in total. The monoisotopic (exact) mass is 564 g/mol. The molecule has 1 aromatic heterocycles. The van der Waals surface area contributed by atoms with Crippen LogP contribution < -0.4 is 0 Å². The highest BCUT2D eigenvalue weighted by molar-refractivity contribution is 7.89. The van der Waals surface area contributed by atoms with Crippen molar-refractivity contribution in [2.24, 2.45) is 5.41 Å². The number of halogens is 1. The summed E-state index contributed by atoms with van der Waals surface area (Å²) in [6.45, 7) is 11.0. The summed E-state index contributed by atoms with van der Waals surface area (Å²) in [5.41, 5.74) is 4.83. The number of piperidine rings is 1. The summed E-state index contributed by atoms with van der Waals surface area (Å²) < 4.78 is 50.6. The number of hydrogen-bond acceptors (Lipinski definition) is 5. The lowest BCUT2D eigenvalue weighted by Gasteiger charge is -2.48. The van der Waals surface area contributed by atoms with E-state index < -0.39 is 10.0 Å². The smallest absolute Gasteiger partial charge is 0.243 e. The van der Waals surface area contributed by atoms with Crippen molar-refractivity contribution < 1.29 is 17.5 Å². The largest absolute Gasteiger partial charge is 0.379 e. The van der Waals surface area contributed by atoms with Gasteiger partial charge in [-0.15, -0.1) is 0 Å². The maximum atomic E-state index is 13.9. The van der Waals surface area contributed by atoms with Crippen molar-refractivity contribution in [2.75, 3.05) is 45.9 Å². The van der Waals surface area contributed by atoms with Crippen LogP contribution in [0.3, 0.4) is 0 Å². The fourth-order valence-corrected chi connectivity index (χ4v) is 7.83. The number of nitrogens with zero attached hydrogens (tertiary/aromatic N) is 4. The van der Waals surface area contributed by atoms with E-state index in [4.69, 9.17) is 4.74 Å². The fraction of sp³-hybridized carbons (Fsp3) is 0.452. The molecule has 2 saturated heterocycles. The zero-order chi connectivity index (χ0) is 28.1. The molecule has 2 aromatic carbocycles. The third-order valence-corrected chi connectivity index (χ3v) is 10.4. The molecule has 1 atom stereocenters. The van der Waals surface area contributed by atoms with Crippen molar-refractivity contribution in [3.8, 4) is 5.69 Å². The number of aromatic nitrogens is 2. The number of sulfonamides is 1. The summed E-state index contributed by atoms with van der Waals surface area (Å²) in [7, 11) is -3.67. The summed E-state index contributed by atoms with van der Waals surface area (Å²) in [5.74, 6) is -0.283. The second-order valence-corrected chi connectivity index (χ2v) is 14.3. The molecule has 0 spiro atoms. The molecule has 1 aliphatic carbocycles. The third kappa shape index (κ3) is 5.04. The minimum absolute atomic E-state index is 0.0481. The van der Waals surface area contributed by atoms with Crippen molar-refractivity contribution in [2.45, 2.75) is 43.9 Å². The molecule has 3 heterocycles. The van der Waals surface area contributed by atoms with E-state index in [1.807, 2.05) is 23.0 Å². The molecule has 2 aliphatic heterocycles. The van der Waals surface area contributed by atoms with Gasteiger partial charge in [-0.05, 0) is 71.9 Å². The predicted molar refractivity (Wildman–Crippen MR) is 153 cm³/mol. The molecule has 2 fully saturated rings. The Labute approximate surface area is 236 Å². The molecule has 0 radical (unpaired) electrons. The van der Waals surface area contributed by atoms with Gasteiger partial charge in [-0.2, -0.15) is 9.40 Å². The second kappa shape index (κ2) is 10.2. The van der Waals surface area contributed by atoms with Crippen LogP contribution in [0.15, 0.2) is 65.2 Å². The molecule has 0 saturated carbocycles. The Morgan fingerprint density at radius 1 is 1.00 bits per heavy atom. The number of rotatable bonds is 5. The van der Waals surface area contributed by atoms with E-state index in [1.54, 1.807) is 28.6 Å². The first kappa shape index (κ1) is 27.3. The van der Waals surface area contributed by atoms with Gasteiger partial charge in [0.05, 0.1) is 35.7 Å². The summed E-state index contributed by atoms with van der Waals surface area (Å²) >= 11 is 0. The summed E-state index contributed by atoms with van der Waals surface area (Å²) in [5, 5.41) is 4.66. The van der Waals surface area contributed by atoms with Gasteiger partial charge in [0.1, 0.15) is 5.82 Å². The van der Waals surface area contributed by atoms with Gasteiger partial charge in [0, 0.05) is 38.1 Å². The Morgan fingerprint density at radius 3 is 2.38 bits per heavy atom. The molecule has 3 aromatic rings. The summed E-state index contributed by atoms with van der Waals surface area (Å²) in [6, 6.07) is 13.7. The van der Waals surface area contributed by atoms with Crippen LogP contribution in [0.1, 0.15) is 44.0 Å². The molecule has 212 valence electrons. The Hall–Kier alpha value is -2.85. The molecular formula is C31H37FN4O3S. The molecule has 0 bridgehead atoms. The number of ether oxygens (including phenoxy) is 1. The Balaban J connectivity index is 1.35. The van der Waals surface area contributed by atoms with Crippen LogP contribution in [0, 0.1) is 11.2 Å². The number of fused-ring (bicyclic) bond motifs is 2. The van der Waals surface area contributed by atoms with E-state index in [1.165, 1.54) is 17.7 Å². The number of hydrogen-bond donors (Lipinski definition) is 0. The first-order valence-corrected chi connectivity index (χ1v) is 15.4. The highest BCUT2D eigenvalue weighted by Crippen LogP contribution is 2.46. The van der Waals surface area contributed by atoms with E-state index in [2.05, 4.69) is 36.8 Å². The minimum atomic E-state index is -3.67. The van der Waals surface area contributed by atoms with Crippen LogP contribution in [0.4, 0.5) is 4.39 Å². The maximum Gasteiger partial charge on any atom is 0.243 e. The van der Waals surface area contributed by atoms with Gasteiger partial charge < -0.3 is 4.74 Å². The lowest BCUT2D eigenvalue weighted by molar-refractivity contribution is 0.0153. The van der Waals surface area contributed by atoms with Crippen molar-refractivity contribution in [3.63, 3.8) is 0 Å². The predicted octanol–water partition coefficient (Wildman–Crippen LogP) is 4.66. The normalized spacial score (nSPS) is 22.4. The topological polar surface area (TPSA) is 67.7 Å². The van der Waals surface area contributed by atoms with Crippen molar-refractivity contribution in [1.29, 1.82) is 0 Å². The lowest BCUT2D eigenvalue weighted by Crippen LogP contribution is -2.55. The van der Waals surface area contributed by atoms with Gasteiger partial charge in [0.25, 0.3) is 0 Å². The lowest BCUT2D eigenvalue weighted by atomic mass is 9.68. The maximum absolute atomic E-state index is 13.9. The Morgan fingerprint density at radius 2 is 1.70 bits per heavy atom. The van der Waals surface area contributed by atoms with Crippen molar-refractivity contribution in [1.82, 2.24) is 19.0 Å². The molecule has 0 amide bonds. The van der Waals surface area contributed by atoms with Gasteiger partial charge in [-0.3, -0.25) is 4.90 Å². The van der Waals surface area contributed by atoms with Crippen LogP contribution in [-0.2, 0) is 26.6 Å². The highest BCUT2D eigenvalue weighted by Gasteiger charge is 2.47. The Kier molecular flexibility index (Phi) is 6.97. The average Bonchev–Trinajstić information content (AvgIpc) is 3.34. The van der Waals surface area contributed by atoms with Crippen LogP contribution in [0.2, 0.25) is 0 Å². The van der Waals surface area contributed by atoms with Crippen LogP contribution in [-0.4, -0.2) is 73.3 Å². The van der Waals surface area contributed by atoms with Crippen LogP contribution in [0.25, 0.3) is 11.8 Å². The van der Waals surface area contributed by atoms with E-state index in [9.17, 15) is 12.8 Å². The van der Waals surface area contributed by atoms with Crippen LogP contribution >= 0.6 is 0 Å². The van der Waals surface area contributed by atoms with Crippen LogP contribution in [0.5, 0.6) is 0 Å². The molecule has 0 N–H and O–H groups in total. The number of benzene rings is 2. The van der Waals surface area contributed by atoms with E-state index >= 15 is 0 Å². The van der Waals surface area contributed by atoms with E-state index in [0.717, 1.165) is 42.1 Å². The quantitative estimate of drug-likeness (QED) is 0.451. The van der Waals surface area contributed by atoms with Crippen molar-refractivity contribution in [3.05, 3.63) is 82.9 Å². The molecule has 1 unspecified atom stereocenters. The molecule has 9 heteroatoms. The van der Waals surface area contributed by atoms with Gasteiger partial charge in [-0.25, -0.2) is 17.5 Å². The average molecular weight is 565 g/mol. The molecule has 3 aliphatic rings. The minimum Gasteiger partial charge on any atom is -0.379 e. The zero-order valence-electron chi connectivity index (χ0n) is 23.4. The SMILES string of the molecule is CC(C)(C)c1ccc(S(=O)(=O)N2CCC3=Cc4c(cnn4-c4ccc(F)cc4)CC3(CN3CCOCC3)C2)cc1. The zero-order valence-corrected chi connectivity index (χ0v) is 24.3. The third-order valence-electron chi connectivity index (χ3n) is 8.58. The first-order valence-electron chi connectivity index (χ1n) is 14.0. The molecular weight excluding hydrogens is 527 g/mol. The Bertz CT molecular complexity index is 1520. The van der Waals surface area contributed by atoms with Gasteiger partial charge in [-0.1, -0.05) is 38.5 Å². The van der Waals surface area contributed by atoms with Gasteiger partial charge >= 0.3 is 0 Å². The van der Waals surface area contributed by atoms with Crippen molar-refractivity contribution >= 4 is 16.1 Å². The van der Waals surface area contributed by atoms with Gasteiger partial charge in [0.2, 0.25) is 10.0 Å². The number of morpholine rings is 1. The van der Waals surface area contributed by atoms with Gasteiger partial charge in [0.15, 0.2) is 0 Å². The van der Waals surface area contributed by atoms with E-state index in [0.29, 0.717) is 44.0 Å². The van der Waals surface area contributed by atoms with E-state index in [-0.39, 0.29) is 16.6 Å². The fourth-order valence-electron chi connectivity index (χ4n) is 6.30. The molecule has 6 rings (SSSR count). The summed E-state index contributed by atoms with van der Waals surface area (Å²) in [4.78, 5) is 2.75. The molecule has 40 heavy (non-hydrogen) atoms. The summed E-state index contributed by atoms with van der Waals surface area (Å²) in [6.07, 6.45) is 5.43.